The first-order valence-electron chi connectivity index (χ1n) is 18.3. The predicted molar refractivity (Wildman–Crippen MR) is 181 cm³/mol. The van der Waals surface area contributed by atoms with Crippen LogP contribution in [-0.4, -0.2) is 41.5 Å². The maximum Gasteiger partial charge on any atom is 0.408 e. The van der Waals surface area contributed by atoms with Crippen molar-refractivity contribution >= 4 is 12.1 Å². The second-order valence-electron chi connectivity index (χ2n) is 15.4. The van der Waals surface area contributed by atoms with Crippen molar-refractivity contribution in [1.82, 2.24) is 5.32 Å². The number of ether oxygens (including phenoxy) is 2. The van der Waals surface area contributed by atoms with Gasteiger partial charge in [0.2, 0.25) is 0 Å². The van der Waals surface area contributed by atoms with Gasteiger partial charge < -0.3 is 19.9 Å². The van der Waals surface area contributed by atoms with E-state index in [9.17, 15) is 14.7 Å². The molecule has 0 aromatic rings. The van der Waals surface area contributed by atoms with Crippen LogP contribution in [-0.2, 0) is 14.3 Å². The Balaban J connectivity index is 0.00000162. The number of allylic oxidation sites excluding steroid dienone is 1. The highest BCUT2D eigenvalue weighted by molar-refractivity contribution is 5.81. The van der Waals surface area contributed by atoms with Crippen LogP contribution in [0.4, 0.5) is 4.79 Å². The Bertz CT molecular complexity index is 938. The first kappa shape index (κ1) is 38.6. The second-order valence-corrected chi connectivity index (χ2v) is 15.4. The van der Waals surface area contributed by atoms with Crippen LogP contribution in [0.15, 0.2) is 11.6 Å². The maximum atomic E-state index is 12.9. The lowest BCUT2D eigenvalue weighted by Gasteiger charge is -2.58. The number of alkyl carbamates (subject to hydrolysis) is 1. The number of hydrogen-bond acceptors (Lipinski definition) is 5. The molecule has 3 saturated carbocycles. The van der Waals surface area contributed by atoms with Crippen molar-refractivity contribution < 1.29 is 24.2 Å². The Labute approximate surface area is 270 Å². The highest BCUT2D eigenvalue weighted by atomic mass is 16.6. The molecule has 0 saturated heterocycles. The van der Waals surface area contributed by atoms with E-state index in [1.165, 1.54) is 56.9 Å². The van der Waals surface area contributed by atoms with Crippen LogP contribution in [0.5, 0.6) is 0 Å². The van der Waals surface area contributed by atoms with Crippen molar-refractivity contribution in [3.05, 3.63) is 11.6 Å². The zero-order valence-electron chi connectivity index (χ0n) is 30.4. The first-order valence-corrected chi connectivity index (χ1v) is 18.3. The minimum Gasteiger partial charge on any atom is -0.460 e. The molecule has 8 atom stereocenters. The van der Waals surface area contributed by atoms with Gasteiger partial charge in [-0.05, 0) is 113 Å². The topological polar surface area (TPSA) is 84.9 Å². The van der Waals surface area contributed by atoms with Crippen molar-refractivity contribution in [2.45, 2.75) is 171 Å². The van der Waals surface area contributed by atoms with E-state index in [0.717, 1.165) is 55.3 Å². The number of carbonyl (C=O) groups is 2. The molecule has 0 aliphatic heterocycles. The zero-order valence-corrected chi connectivity index (χ0v) is 30.4. The number of fused-ring (bicyclic) bond motifs is 5. The number of nitrogens with one attached hydrogen (secondary N) is 1. The molecule has 4 rings (SSSR count). The molecule has 3 fully saturated rings. The van der Waals surface area contributed by atoms with Gasteiger partial charge in [0.05, 0.1) is 6.61 Å². The number of carbonyl (C=O) groups excluding carboxylic acids is 2. The van der Waals surface area contributed by atoms with E-state index < -0.39 is 30.3 Å². The van der Waals surface area contributed by atoms with Crippen LogP contribution in [0.2, 0.25) is 0 Å². The van der Waals surface area contributed by atoms with E-state index in [0.29, 0.717) is 5.41 Å². The number of amides is 1. The van der Waals surface area contributed by atoms with Crippen molar-refractivity contribution in [2.75, 3.05) is 6.61 Å². The normalized spacial score (nSPS) is 33.1. The minimum atomic E-state index is -1.12. The third-order valence-electron chi connectivity index (χ3n) is 11.3. The molecule has 0 spiro atoms. The second kappa shape index (κ2) is 16.8. The van der Waals surface area contributed by atoms with Crippen molar-refractivity contribution in [3.8, 4) is 0 Å². The number of esters is 1. The first-order chi connectivity index (χ1) is 20.8. The molecular weight excluding hydrogens is 550 g/mol. The fourth-order valence-electron chi connectivity index (χ4n) is 9.13. The molecule has 0 heterocycles. The average Bonchev–Trinajstić information content (AvgIpc) is 3.31. The molecule has 4 aliphatic carbocycles. The summed E-state index contributed by atoms with van der Waals surface area (Å²) in [7, 11) is 0. The molecule has 8 unspecified atom stereocenters. The molecule has 0 radical (unpaired) electrons. The van der Waals surface area contributed by atoms with Gasteiger partial charge in [-0.3, -0.25) is 0 Å². The highest BCUT2D eigenvalue weighted by Crippen LogP contribution is 2.66. The number of unbranched alkanes of at least 4 members (excludes halogenated alkanes) is 1. The molecule has 1 amide bonds. The third-order valence-corrected chi connectivity index (χ3v) is 11.3. The van der Waals surface area contributed by atoms with Crippen LogP contribution in [0.1, 0.15) is 153 Å². The van der Waals surface area contributed by atoms with E-state index in [4.69, 9.17) is 9.47 Å². The van der Waals surface area contributed by atoms with Gasteiger partial charge >= 0.3 is 12.1 Å². The molecule has 0 bridgehead atoms. The fourth-order valence-corrected chi connectivity index (χ4v) is 9.13. The molecule has 0 aromatic carbocycles. The molecule has 0 aromatic heterocycles. The molecule has 4 aliphatic rings. The smallest absolute Gasteiger partial charge is 0.408 e. The number of aliphatic hydroxyl groups excluding tert-OH is 1. The lowest BCUT2D eigenvalue weighted by Crippen LogP contribution is -2.51. The number of rotatable bonds is 9. The van der Waals surface area contributed by atoms with Crippen LogP contribution in [0.25, 0.3) is 0 Å². The van der Waals surface area contributed by atoms with Crippen molar-refractivity contribution in [2.24, 2.45) is 40.4 Å². The van der Waals surface area contributed by atoms with Crippen LogP contribution < -0.4 is 5.32 Å². The summed E-state index contributed by atoms with van der Waals surface area (Å²) in [6, 6.07) is -1.12. The van der Waals surface area contributed by atoms with Gasteiger partial charge in [-0.25, -0.2) is 9.59 Å². The van der Waals surface area contributed by atoms with Crippen molar-refractivity contribution in [1.29, 1.82) is 0 Å². The summed E-state index contributed by atoms with van der Waals surface area (Å²) in [6.07, 6.45) is 16.4. The van der Waals surface area contributed by atoms with Crippen LogP contribution >= 0.6 is 0 Å². The van der Waals surface area contributed by atoms with Crippen molar-refractivity contribution in [3.63, 3.8) is 0 Å². The predicted octanol–water partition coefficient (Wildman–Crippen LogP) is 9.63. The molecule has 256 valence electrons. The lowest BCUT2D eigenvalue weighted by molar-refractivity contribution is -0.155. The molecular formula is C38H69NO5. The summed E-state index contributed by atoms with van der Waals surface area (Å²) in [5, 5.41) is 12.2. The molecule has 6 nitrogen and oxygen atoms in total. The number of aliphatic hydroxyl groups is 1. The summed E-state index contributed by atoms with van der Waals surface area (Å²) >= 11 is 0. The summed E-state index contributed by atoms with van der Waals surface area (Å²) in [5.41, 5.74) is 1.48. The summed E-state index contributed by atoms with van der Waals surface area (Å²) in [6.45, 7) is 22.5. The van der Waals surface area contributed by atoms with Gasteiger partial charge in [0.15, 0.2) is 6.04 Å². The average molecular weight is 620 g/mol. The summed E-state index contributed by atoms with van der Waals surface area (Å²) < 4.78 is 11.1. The van der Waals surface area contributed by atoms with Gasteiger partial charge in [-0.1, -0.05) is 86.3 Å². The standard InChI is InChI=1S/C34H57NO5.2C2H6/c1-22(2)10-8-9-11-23-13-15-27-26-14-12-24-20-25(16-18-34(24,7)28(26)17-19-33(23,27)6)39-30(37)29(21-36)35-31(38)40-32(3,4)5;2*1-2/h12,22-23,25-29,36H,8-11,13-21H2,1-7H3,(H,35,38);2*1-2H3. The lowest BCUT2D eigenvalue weighted by atomic mass is 9.47. The van der Waals surface area contributed by atoms with Gasteiger partial charge in [-0.15, -0.1) is 0 Å². The minimum absolute atomic E-state index is 0.188. The summed E-state index contributed by atoms with van der Waals surface area (Å²) in [4.78, 5) is 25.0. The molecule has 44 heavy (non-hydrogen) atoms. The maximum absolute atomic E-state index is 12.9. The Hall–Kier alpha value is -1.56. The summed E-state index contributed by atoms with van der Waals surface area (Å²) in [5.74, 6) is 3.47. The van der Waals surface area contributed by atoms with Crippen LogP contribution in [0, 0.1) is 40.4 Å². The largest absolute Gasteiger partial charge is 0.460 e. The van der Waals surface area contributed by atoms with E-state index in [1.807, 2.05) is 27.7 Å². The quantitative estimate of drug-likeness (QED) is 0.152. The third kappa shape index (κ3) is 9.26. The number of hydrogen-bond donors (Lipinski definition) is 2. The van der Waals surface area contributed by atoms with Gasteiger partial charge in [0, 0.05) is 6.42 Å². The molecule has 6 heteroatoms. The van der Waals surface area contributed by atoms with E-state index >= 15 is 0 Å². The Morgan fingerprint density at radius 2 is 1.68 bits per heavy atom. The van der Waals surface area contributed by atoms with Crippen LogP contribution in [0.3, 0.4) is 0 Å². The van der Waals surface area contributed by atoms with E-state index in [2.05, 4.69) is 39.1 Å². The Morgan fingerprint density at radius 3 is 2.30 bits per heavy atom. The monoisotopic (exact) mass is 620 g/mol. The van der Waals surface area contributed by atoms with Gasteiger partial charge in [0.1, 0.15) is 11.7 Å². The Kier molecular flexibility index (Phi) is 14.8. The fraction of sp³-hybridized carbons (Fsp3) is 0.895. The van der Waals surface area contributed by atoms with Gasteiger partial charge in [0.25, 0.3) is 0 Å². The van der Waals surface area contributed by atoms with E-state index in [1.54, 1.807) is 20.8 Å². The SMILES string of the molecule is CC.CC.CC(C)CCCCC1CCC2C3CC=C4CC(OC(=O)C(CO)NC(=O)OC(C)(C)C)CCC4(C)C3CCC12C. The van der Waals surface area contributed by atoms with Gasteiger partial charge in [-0.2, -0.15) is 0 Å². The zero-order chi connectivity index (χ0) is 33.3. The highest BCUT2D eigenvalue weighted by Gasteiger charge is 2.58. The Morgan fingerprint density at radius 1 is 1.00 bits per heavy atom. The van der Waals surface area contributed by atoms with E-state index in [-0.39, 0.29) is 11.5 Å². The molecule has 2 N–H and O–H groups in total.